The van der Waals surface area contributed by atoms with E-state index in [4.69, 9.17) is 29.2 Å². The van der Waals surface area contributed by atoms with Crippen LogP contribution in [0.3, 0.4) is 0 Å². The van der Waals surface area contributed by atoms with Crippen LogP contribution in [-0.2, 0) is 28.5 Å². The van der Waals surface area contributed by atoms with E-state index in [2.05, 4.69) is 0 Å². The lowest BCUT2D eigenvalue weighted by atomic mass is 10.2. The van der Waals surface area contributed by atoms with Gasteiger partial charge in [-0.2, -0.15) is 0 Å². The Bertz CT molecular complexity index is 1270. The number of esters is 4. The third kappa shape index (κ3) is 16.0. The molecule has 2 atom stereocenters. The summed E-state index contributed by atoms with van der Waals surface area (Å²) < 4.78 is 18.9. The van der Waals surface area contributed by atoms with Crippen molar-refractivity contribution in [1.29, 1.82) is 0 Å². The van der Waals surface area contributed by atoms with E-state index >= 15 is 0 Å². The molecular formula is C34H42O12. The number of rotatable bonds is 4. The average molecular weight is 643 g/mol. The van der Waals surface area contributed by atoms with Crippen LogP contribution in [-0.4, -0.2) is 69.7 Å². The molecular weight excluding hydrogens is 600 g/mol. The molecule has 2 aliphatic rings. The van der Waals surface area contributed by atoms with Crippen molar-refractivity contribution in [2.45, 2.75) is 65.6 Å². The monoisotopic (exact) mass is 642 g/mol. The van der Waals surface area contributed by atoms with E-state index in [0.717, 1.165) is 12.8 Å². The van der Waals surface area contributed by atoms with Crippen molar-refractivity contribution in [3.8, 4) is 23.0 Å². The smallest absolute Gasteiger partial charge is 0.341 e. The van der Waals surface area contributed by atoms with Crippen LogP contribution in [0.1, 0.15) is 74.1 Å². The predicted octanol–water partition coefficient (Wildman–Crippen LogP) is 5.66. The number of phenolic OH excluding ortho intramolecular Hbond substituents is 4. The van der Waals surface area contributed by atoms with Gasteiger partial charge in [-0.3, -0.25) is 9.59 Å². The van der Waals surface area contributed by atoms with E-state index in [-0.39, 0.29) is 58.3 Å². The molecule has 250 valence electrons. The lowest BCUT2D eigenvalue weighted by Crippen LogP contribution is -2.04. The van der Waals surface area contributed by atoms with Crippen LogP contribution >= 0.6 is 0 Å². The van der Waals surface area contributed by atoms with Gasteiger partial charge in [0.1, 0.15) is 34.1 Å². The third-order valence-corrected chi connectivity index (χ3v) is 5.82. The summed E-state index contributed by atoms with van der Waals surface area (Å²) in [5.74, 6) is -0.830. The molecule has 0 spiro atoms. The summed E-state index contributed by atoms with van der Waals surface area (Å²) in [6.45, 7) is 7.88. The fourth-order valence-corrected chi connectivity index (χ4v) is 3.49. The zero-order valence-corrected chi connectivity index (χ0v) is 26.4. The SMILES string of the molecule is CC1CCC(=O)O1.CC1CCC(=O)O1.CCOC(=O)c1ccccc1O.CCOC(=O)c1ccccc1O.Oc1ccc(O)cc1. The first kappa shape index (κ1) is 38.8. The van der Waals surface area contributed by atoms with Crippen LogP contribution < -0.4 is 0 Å². The highest BCUT2D eigenvalue weighted by Gasteiger charge is 2.18. The quantitative estimate of drug-likeness (QED) is 0.156. The normalized spacial score (nSPS) is 15.7. The summed E-state index contributed by atoms with van der Waals surface area (Å²) in [6.07, 6.45) is 3.38. The Balaban J connectivity index is 0.000000293. The van der Waals surface area contributed by atoms with Gasteiger partial charge in [0.2, 0.25) is 0 Å². The number of phenols is 4. The highest BCUT2D eigenvalue weighted by Crippen LogP contribution is 2.17. The highest BCUT2D eigenvalue weighted by atomic mass is 16.6. The summed E-state index contributed by atoms with van der Waals surface area (Å²) in [5.41, 5.74) is 0.415. The minimum Gasteiger partial charge on any atom is -0.508 e. The Kier molecular flexibility index (Phi) is 18.1. The van der Waals surface area contributed by atoms with Gasteiger partial charge in [0.15, 0.2) is 0 Å². The van der Waals surface area contributed by atoms with Crippen molar-refractivity contribution >= 4 is 23.9 Å². The van der Waals surface area contributed by atoms with Crippen molar-refractivity contribution in [2.24, 2.45) is 0 Å². The molecule has 0 bridgehead atoms. The first-order chi connectivity index (χ1) is 21.9. The topological polar surface area (TPSA) is 186 Å². The van der Waals surface area contributed by atoms with E-state index in [1.54, 1.807) is 38.1 Å². The number of ether oxygens (including phenoxy) is 4. The number of aromatic hydroxyl groups is 4. The fourth-order valence-electron chi connectivity index (χ4n) is 3.49. The Morgan fingerprint density at radius 3 is 1.17 bits per heavy atom. The first-order valence-electron chi connectivity index (χ1n) is 14.6. The zero-order chi connectivity index (χ0) is 34.5. The standard InChI is InChI=1S/2C9H10O3.C6H6O2.2C5H8O2/c2*1-2-12-9(11)7-5-3-4-6-8(7)10;7-5-1-2-6(8)4-3-5;2*1-4-2-3-5(6)7-4/h2*3-6,10H,2H2,1H3;1-4,7-8H;2*4H,2-3H2,1H3. The number of hydrogen-bond acceptors (Lipinski definition) is 12. The summed E-state index contributed by atoms with van der Waals surface area (Å²) in [7, 11) is 0. The Hall–Kier alpha value is -5.26. The van der Waals surface area contributed by atoms with E-state index in [1.165, 1.54) is 48.5 Å². The van der Waals surface area contributed by atoms with Gasteiger partial charge in [0, 0.05) is 12.8 Å². The minimum atomic E-state index is -0.490. The fraction of sp³-hybridized carbons (Fsp3) is 0.353. The molecule has 0 saturated carbocycles. The molecule has 0 amide bonds. The van der Waals surface area contributed by atoms with Crippen molar-refractivity contribution in [3.63, 3.8) is 0 Å². The van der Waals surface area contributed by atoms with Gasteiger partial charge in [-0.1, -0.05) is 24.3 Å². The van der Waals surface area contributed by atoms with Crippen LogP contribution in [0.15, 0.2) is 72.8 Å². The first-order valence-corrected chi connectivity index (χ1v) is 14.6. The maximum absolute atomic E-state index is 11.1. The van der Waals surface area contributed by atoms with Crippen LogP contribution in [0.4, 0.5) is 0 Å². The van der Waals surface area contributed by atoms with Gasteiger partial charge in [-0.15, -0.1) is 0 Å². The molecule has 0 radical (unpaired) electrons. The van der Waals surface area contributed by atoms with Crippen molar-refractivity contribution in [2.75, 3.05) is 13.2 Å². The molecule has 5 rings (SSSR count). The minimum absolute atomic E-state index is 0.0454. The van der Waals surface area contributed by atoms with Crippen LogP contribution in [0.5, 0.6) is 23.0 Å². The number of para-hydroxylation sites is 2. The van der Waals surface area contributed by atoms with E-state index in [0.29, 0.717) is 26.1 Å². The number of hydrogen-bond donors (Lipinski definition) is 4. The number of cyclic esters (lactones) is 2. The zero-order valence-electron chi connectivity index (χ0n) is 26.4. The molecule has 3 aromatic carbocycles. The Morgan fingerprint density at radius 1 is 0.630 bits per heavy atom. The van der Waals surface area contributed by atoms with Gasteiger partial charge in [-0.05, 0) is 89.1 Å². The second-order valence-electron chi connectivity index (χ2n) is 9.67. The summed E-state index contributed by atoms with van der Waals surface area (Å²) in [4.78, 5) is 42.6. The van der Waals surface area contributed by atoms with Gasteiger partial charge < -0.3 is 39.4 Å². The lowest BCUT2D eigenvalue weighted by molar-refractivity contribution is -0.141. The van der Waals surface area contributed by atoms with Gasteiger partial charge >= 0.3 is 23.9 Å². The van der Waals surface area contributed by atoms with Gasteiger partial charge in [0.05, 0.1) is 25.4 Å². The number of carbonyl (C=O) groups excluding carboxylic acids is 4. The molecule has 0 aliphatic carbocycles. The lowest BCUT2D eigenvalue weighted by Gasteiger charge is -2.02. The number of benzene rings is 3. The van der Waals surface area contributed by atoms with Crippen molar-refractivity contribution in [3.05, 3.63) is 83.9 Å². The molecule has 12 nitrogen and oxygen atoms in total. The summed E-state index contributed by atoms with van der Waals surface area (Å²) in [5, 5.41) is 35.7. The van der Waals surface area contributed by atoms with Crippen LogP contribution in [0, 0.1) is 0 Å². The van der Waals surface area contributed by atoms with Crippen molar-refractivity contribution in [1.82, 2.24) is 0 Å². The van der Waals surface area contributed by atoms with E-state index < -0.39 is 11.9 Å². The average Bonchev–Trinajstić information content (AvgIpc) is 3.60. The molecule has 2 aliphatic heterocycles. The number of carbonyl (C=O) groups is 4. The maximum Gasteiger partial charge on any atom is 0.341 e. The van der Waals surface area contributed by atoms with Crippen LogP contribution in [0.25, 0.3) is 0 Å². The summed E-state index contributed by atoms with van der Waals surface area (Å²) >= 11 is 0. The molecule has 2 saturated heterocycles. The Morgan fingerprint density at radius 2 is 0.957 bits per heavy atom. The molecule has 2 unspecified atom stereocenters. The molecule has 2 fully saturated rings. The highest BCUT2D eigenvalue weighted by molar-refractivity contribution is 5.92. The predicted molar refractivity (Wildman–Crippen MR) is 167 cm³/mol. The molecule has 2 heterocycles. The van der Waals surface area contributed by atoms with E-state index in [1.807, 2.05) is 13.8 Å². The molecule has 4 N–H and O–H groups in total. The van der Waals surface area contributed by atoms with Gasteiger partial charge in [-0.25, -0.2) is 9.59 Å². The molecule has 46 heavy (non-hydrogen) atoms. The third-order valence-electron chi connectivity index (χ3n) is 5.82. The maximum atomic E-state index is 11.1. The molecule has 3 aromatic rings. The second-order valence-corrected chi connectivity index (χ2v) is 9.67. The van der Waals surface area contributed by atoms with Crippen molar-refractivity contribution < 1.29 is 58.6 Å². The Labute approximate surface area is 268 Å². The summed E-state index contributed by atoms with van der Waals surface area (Å²) in [6, 6.07) is 18.3. The van der Waals surface area contributed by atoms with Crippen LogP contribution in [0.2, 0.25) is 0 Å². The molecule has 12 heteroatoms. The van der Waals surface area contributed by atoms with E-state index in [9.17, 15) is 29.4 Å². The largest absolute Gasteiger partial charge is 0.508 e. The van der Waals surface area contributed by atoms with Gasteiger partial charge in [0.25, 0.3) is 0 Å². The second kappa shape index (κ2) is 21.4. The molecule has 0 aromatic heterocycles.